The highest BCUT2D eigenvalue weighted by molar-refractivity contribution is 5.17. The van der Waals surface area contributed by atoms with E-state index in [1.807, 2.05) is 18.5 Å². The lowest BCUT2D eigenvalue weighted by Crippen LogP contribution is -2.11. The van der Waals surface area contributed by atoms with Gasteiger partial charge in [0.05, 0.1) is 18.1 Å². The highest BCUT2D eigenvalue weighted by Gasteiger charge is 2.09. The molecule has 2 aromatic rings. The van der Waals surface area contributed by atoms with E-state index < -0.39 is 0 Å². The van der Waals surface area contributed by atoms with E-state index in [2.05, 4.69) is 21.5 Å². The minimum absolute atomic E-state index is 0.244. The van der Waals surface area contributed by atoms with Crippen LogP contribution in [0.2, 0.25) is 0 Å². The van der Waals surface area contributed by atoms with Crippen molar-refractivity contribution in [1.82, 2.24) is 14.5 Å². The second-order valence-electron chi connectivity index (χ2n) is 3.45. The Balaban J connectivity index is 2.32. The van der Waals surface area contributed by atoms with E-state index in [1.165, 1.54) is 5.56 Å². The van der Waals surface area contributed by atoms with Crippen LogP contribution >= 0.6 is 0 Å². The molecule has 78 valence electrons. The number of hydrogen-bond donors (Lipinski definition) is 1. The molecular weight excluding hydrogens is 188 g/mol. The summed E-state index contributed by atoms with van der Waals surface area (Å²) in [4.78, 5) is 8.11. The molecule has 2 rings (SSSR count). The van der Waals surface area contributed by atoms with Crippen molar-refractivity contribution in [2.75, 3.05) is 0 Å². The SMILES string of the molecule is CC(c1ccncc1)n1cncc1CN. The molecule has 0 spiro atoms. The zero-order valence-electron chi connectivity index (χ0n) is 8.67. The van der Waals surface area contributed by atoms with Crippen LogP contribution in [-0.2, 0) is 6.54 Å². The molecule has 0 amide bonds. The van der Waals surface area contributed by atoms with Crippen LogP contribution in [0.1, 0.15) is 24.2 Å². The molecule has 0 saturated carbocycles. The van der Waals surface area contributed by atoms with Gasteiger partial charge in [-0.25, -0.2) is 4.98 Å². The van der Waals surface area contributed by atoms with Gasteiger partial charge in [-0.3, -0.25) is 4.98 Å². The average molecular weight is 202 g/mol. The standard InChI is InChI=1S/C11H14N4/c1-9(10-2-4-13-5-3-10)15-8-14-7-11(15)6-12/h2-5,7-9H,6,12H2,1H3. The minimum atomic E-state index is 0.244. The van der Waals surface area contributed by atoms with E-state index in [-0.39, 0.29) is 6.04 Å². The lowest BCUT2D eigenvalue weighted by molar-refractivity contribution is 0.608. The van der Waals surface area contributed by atoms with Crippen LogP contribution in [0.5, 0.6) is 0 Å². The molecule has 0 aromatic carbocycles. The van der Waals surface area contributed by atoms with Gasteiger partial charge < -0.3 is 10.3 Å². The van der Waals surface area contributed by atoms with E-state index in [9.17, 15) is 0 Å². The Kier molecular flexibility index (Phi) is 2.78. The van der Waals surface area contributed by atoms with Crippen LogP contribution in [0.15, 0.2) is 37.1 Å². The summed E-state index contributed by atoms with van der Waals surface area (Å²) < 4.78 is 2.08. The van der Waals surface area contributed by atoms with Crippen LogP contribution in [-0.4, -0.2) is 14.5 Å². The molecule has 1 atom stereocenters. The van der Waals surface area contributed by atoms with E-state index in [0.717, 1.165) is 5.69 Å². The van der Waals surface area contributed by atoms with Gasteiger partial charge in [0.25, 0.3) is 0 Å². The first kappa shape index (κ1) is 9.86. The van der Waals surface area contributed by atoms with E-state index in [4.69, 9.17) is 5.73 Å². The molecule has 0 saturated heterocycles. The normalized spacial score (nSPS) is 12.7. The smallest absolute Gasteiger partial charge is 0.0954 e. The Morgan fingerprint density at radius 3 is 2.73 bits per heavy atom. The van der Waals surface area contributed by atoms with Crippen LogP contribution in [0, 0.1) is 0 Å². The number of nitrogens with zero attached hydrogens (tertiary/aromatic N) is 3. The summed E-state index contributed by atoms with van der Waals surface area (Å²) >= 11 is 0. The van der Waals surface area contributed by atoms with E-state index >= 15 is 0 Å². The third-order valence-corrected chi connectivity index (χ3v) is 2.56. The quantitative estimate of drug-likeness (QED) is 0.817. The first-order valence-electron chi connectivity index (χ1n) is 4.93. The minimum Gasteiger partial charge on any atom is -0.326 e. The van der Waals surface area contributed by atoms with Crippen molar-refractivity contribution in [2.24, 2.45) is 5.73 Å². The molecule has 4 heteroatoms. The van der Waals surface area contributed by atoms with Crippen molar-refractivity contribution in [3.8, 4) is 0 Å². The maximum Gasteiger partial charge on any atom is 0.0954 e. The second-order valence-corrected chi connectivity index (χ2v) is 3.45. The number of rotatable bonds is 3. The number of pyridine rings is 1. The zero-order valence-corrected chi connectivity index (χ0v) is 8.67. The summed E-state index contributed by atoms with van der Waals surface area (Å²) in [5.41, 5.74) is 7.89. The third-order valence-electron chi connectivity index (χ3n) is 2.56. The highest BCUT2D eigenvalue weighted by atomic mass is 15.1. The Bertz CT molecular complexity index is 421. The lowest BCUT2D eigenvalue weighted by Gasteiger charge is -2.15. The molecule has 0 aliphatic rings. The van der Waals surface area contributed by atoms with Crippen LogP contribution in [0.4, 0.5) is 0 Å². The van der Waals surface area contributed by atoms with Crippen LogP contribution in [0.25, 0.3) is 0 Å². The topological polar surface area (TPSA) is 56.7 Å². The van der Waals surface area contributed by atoms with Gasteiger partial charge in [-0.05, 0) is 24.6 Å². The highest BCUT2D eigenvalue weighted by Crippen LogP contribution is 2.18. The largest absolute Gasteiger partial charge is 0.326 e. The molecule has 2 heterocycles. The number of nitrogens with two attached hydrogens (primary N) is 1. The molecule has 0 aliphatic carbocycles. The molecule has 0 radical (unpaired) electrons. The fourth-order valence-corrected chi connectivity index (χ4v) is 1.64. The van der Waals surface area contributed by atoms with Crippen molar-refractivity contribution in [2.45, 2.75) is 19.5 Å². The summed E-state index contributed by atoms with van der Waals surface area (Å²) in [6.07, 6.45) is 7.21. The van der Waals surface area contributed by atoms with E-state index in [0.29, 0.717) is 6.54 Å². The van der Waals surface area contributed by atoms with Crippen molar-refractivity contribution in [3.63, 3.8) is 0 Å². The second kappa shape index (κ2) is 4.23. The van der Waals surface area contributed by atoms with Gasteiger partial charge >= 0.3 is 0 Å². The van der Waals surface area contributed by atoms with Crippen LogP contribution in [0.3, 0.4) is 0 Å². The van der Waals surface area contributed by atoms with Crippen molar-refractivity contribution in [1.29, 1.82) is 0 Å². The van der Waals surface area contributed by atoms with Crippen molar-refractivity contribution in [3.05, 3.63) is 48.3 Å². The molecule has 4 nitrogen and oxygen atoms in total. The summed E-state index contributed by atoms with van der Waals surface area (Å²) in [5, 5.41) is 0. The Morgan fingerprint density at radius 2 is 2.07 bits per heavy atom. The number of aromatic nitrogens is 3. The zero-order chi connectivity index (χ0) is 10.7. The molecule has 1 unspecified atom stereocenters. The summed E-state index contributed by atoms with van der Waals surface area (Å²) in [6.45, 7) is 2.63. The van der Waals surface area contributed by atoms with Crippen LogP contribution < -0.4 is 5.73 Å². The number of hydrogen-bond acceptors (Lipinski definition) is 3. The fraction of sp³-hybridized carbons (Fsp3) is 0.273. The maximum absolute atomic E-state index is 5.64. The van der Waals surface area contributed by atoms with Crippen molar-refractivity contribution >= 4 is 0 Å². The molecule has 2 aromatic heterocycles. The Hall–Kier alpha value is -1.68. The third kappa shape index (κ3) is 1.89. The van der Waals surface area contributed by atoms with Crippen molar-refractivity contribution < 1.29 is 0 Å². The maximum atomic E-state index is 5.64. The predicted molar refractivity (Wildman–Crippen MR) is 58.2 cm³/mol. The van der Waals surface area contributed by atoms with Gasteiger partial charge in [-0.2, -0.15) is 0 Å². The molecule has 0 bridgehead atoms. The lowest BCUT2D eigenvalue weighted by atomic mass is 10.1. The predicted octanol–water partition coefficient (Wildman–Crippen LogP) is 1.35. The molecular formula is C11H14N4. The van der Waals surface area contributed by atoms with Gasteiger partial charge in [-0.15, -0.1) is 0 Å². The molecule has 15 heavy (non-hydrogen) atoms. The van der Waals surface area contributed by atoms with Gasteiger partial charge in [0.2, 0.25) is 0 Å². The van der Waals surface area contributed by atoms with E-state index in [1.54, 1.807) is 18.6 Å². The fourth-order valence-electron chi connectivity index (χ4n) is 1.64. The molecule has 0 fully saturated rings. The average Bonchev–Trinajstić information content (AvgIpc) is 2.77. The molecule has 2 N–H and O–H groups in total. The first-order valence-corrected chi connectivity index (χ1v) is 4.93. The Morgan fingerprint density at radius 1 is 1.33 bits per heavy atom. The van der Waals surface area contributed by atoms with Gasteiger partial charge in [0, 0.05) is 25.1 Å². The first-order chi connectivity index (χ1) is 7.33. The summed E-state index contributed by atoms with van der Waals surface area (Å²) in [6, 6.07) is 4.25. The summed E-state index contributed by atoms with van der Waals surface area (Å²) in [7, 11) is 0. The Labute approximate surface area is 88.8 Å². The number of imidazole rings is 1. The monoisotopic (exact) mass is 202 g/mol. The van der Waals surface area contributed by atoms with Gasteiger partial charge in [-0.1, -0.05) is 0 Å². The van der Waals surface area contributed by atoms with Gasteiger partial charge in [0.1, 0.15) is 0 Å². The molecule has 0 aliphatic heterocycles. The van der Waals surface area contributed by atoms with Gasteiger partial charge in [0.15, 0.2) is 0 Å². The summed E-state index contributed by atoms with van der Waals surface area (Å²) in [5.74, 6) is 0.